The molecule has 0 saturated heterocycles. The van der Waals surface area contributed by atoms with Gasteiger partial charge in [-0.2, -0.15) is 0 Å². The van der Waals surface area contributed by atoms with Crippen molar-refractivity contribution in [2.75, 3.05) is 13.6 Å². The van der Waals surface area contributed by atoms with E-state index in [0.717, 1.165) is 9.14 Å². The summed E-state index contributed by atoms with van der Waals surface area (Å²) in [7, 11) is 1.76. The maximum absolute atomic E-state index is 12.1. The summed E-state index contributed by atoms with van der Waals surface area (Å²) in [6.45, 7) is 6.24. The summed E-state index contributed by atoms with van der Waals surface area (Å²) in [4.78, 5) is 13.7. The van der Waals surface area contributed by atoms with Crippen LogP contribution in [0, 0.1) is 3.57 Å². The molecule has 0 unspecified atom stereocenters. The van der Waals surface area contributed by atoms with Crippen molar-refractivity contribution in [2.45, 2.75) is 6.92 Å². The van der Waals surface area contributed by atoms with Gasteiger partial charge in [-0.15, -0.1) is 0 Å². The number of carbonyl (C=O) groups excluding carboxylic acids is 1. The molecule has 0 bridgehead atoms. The third-order valence-corrected chi connectivity index (χ3v) is 3.19. The zero-order valence-electron chi connectivity index (χ0n) is 9.26. The zero-order valence-corrected chi connectivity index (χ0v) is 12.2. The van der Waals surface area contributed by atoms with E-state index in [4.69, 9.17) is 11.6 Å². The van der Waals surface area contributed by atoms with Crippen molar-refractivity contribution in [3.05, 3.63) is 44.5 Å². The normalized spacial score (nSPS) is 10.0. The van der Waals surface area contributed by atoms with E-state index in [1.807, 2.05) is 13.0 Å². The number of hydrogen-bond acceptors (Lipinski definition) is 1. The van der Waals surface area contributed by atoms with Crippen LogP contribution in [-0.2, 0) is 0 Å². The second-order valence-corrected chi connectivity index (χ2v) is 5.34. The van der Waals surface area contributed by atoms with Crippen LogP contribution in [0.5, 0.6) is 0 Å². The summed E-state index contributed by atoms with van der Waals surface area (Å²) in [6.07, 6.45) is 0. The summed E-state index contributed by atoms with van der Waals surface area (Å²) in [6, 6.07) is 5.31. The molecule has 0 N–H and O–H groups in total. The van der Waals surface area contributed by atoms with Gasteiger partial charge in [0.05, 0.1) is 5.56 Å². The van der Waals surface area contributed by atoms with Crippen LogP contribution in [-0.4, -0.2) is 24.4 Å². The van der Waals surface area contributed by atoms with Crippen LogP contribution in [0.25, 0.3) is 0 Å². The fourth-order valence-corrected chi connectivity index (χ4v) is 2.08. The number of amides is 1. The molecule has 86 valence electrons. The fourth-order valence-electron chi connectivity index (χ4n) is 1.34. The zero-order chi connectivity index (χ0) is 12.3. The number of likely N-dealkylation sites (N-methyl/N-ethyl adjacent to an activating group) is 1. The molecule has 0 heterocycles. The second kappa shape index (κ2) is 5.68. The molecule has 0 aliphatic heterocycles. The predicted octanol–water partition coefficient (Wildman–Crippen LogP) is 3.59. The number of rotatable bonds is 3. The second-order valence-electron chi connectivity index (χ2n) is 3.74. The smallest absolute Gasteiger partial charge is 0.255 e. The van der Waals surface area contributed by atoms with Gasteiger partial charge in [0.25, 0.3) is 5.91 Å². The molecule has 1 rings (SSSR count). The fraction of sp³-hybridized carbons (Fsp3) is 0.250. The molecule has 0 aromatic heterocycles. The molecule has 1 aromatic carbocycles. The van der Waals surface area contributed by atoms with E-state index >= 15 is 0 Å². The molecule has 1 aromatic rings. The largest absolute Gasteiger partial charge is 0.338 e. The molecule has 1 amide bonds. The van der Waals surface area contributed by atoms with E-state index in [2.05, 4.69) is 29.2 Å². The molecule has 4 heteroatoms. The van der Waals surface area contributed by atoms with Crippen LogP contribution in [0.4, 0.5) is 0 Å². The van der Waals surface area contributed by atoms with E-state index in [9.17, 15) is 4.79 Å². The maximum atomic E-state index is 12.1. The summed E-state index contributed by atoms with van der Waals surface area (Å²) in [5.41, 5.74) is 1.59. The van der Waals surface area contributed by atoms with E-state index in [1.54, 1.807) is 24.1 Å². The highest BCUT2D eigenvalue weighted by Gasteiger charge is 2.14. The Kier molecular flexibility index (Phi) is 4.80. The first-order valence-electron chi connectivity index (χ1n) is 4.76. The van der Waals surface area contributed by atoms with Gasteiger partial charge in [0.2, 0.25) is 0 Å². The molecule has 0 saturated carbocycles. The van der Waals surface area contributed by atoms with Crippen LogP contribution in [0.2, 0.25) is 5.02 Å². The summed E-state index contributed by atoms with van der Waals surface area (Å²) in [5, 5.41) is 0.576. The Morgan fingerprint density at radius 3 is 2.75 bits per heavy atom. The lowest BCUT2D eigenvalue weighted by Gasteiger charge is -2.18. The molecule has 0 aliphatic carbocycles. The third kappa shape index (κ3) is 3.49. The summed E-state index contributed by atoms with van der Waals surface area (Å²) in [5.74, 6) is -0.0325. The van der Waals surface area contributed by atoms with Gasteiger partial charge in [0.1, 0.15) is 0 Å². The van der Waals surface area contributed by atoms with Gasteiger partial charge >= 0.3 is 0 Å². The highest BCUT2D eigenvalue weighted by atomic mass is 127. The van der Waals surface area contributed by atoms with Crippen molar-refractivity contribution in [1.29, 1.82) is 0 Å². The average Bonchev–Trinajstić information content (AvgIpc) is 2.19. The van der Waals surface area contributed by atoms with Crippen molar-refractivity contribution in [3.63, 3.8) is 0 Å². The van der Waals surface area contributed by atoms with Crippen molar-refractivity contribution < 1.29 is 4.79 Å². The first-order valence-corrected chi connectivity index (χ1v) is 6.22. The lowest BCUT2D eigenvalue weighted by atomic mass is 10.2. The number of carbonyl (C=O) groups is 1. The lowest BCUT2D eigenvalue weighted by Crippen LogP contribution is -2.28. The van der Waals surface area contributed by atoms with E-state index in [1.165, 1.54) is 0 Å². The van der Waals surface area contributed by atoms with Crippen LogP contribution < -0.4 is 0 Å². The van der Waals surface area contributed by atoms with Crippen molar-refractivity contribution in [2.24, 2.45) is 0 Å². The quantitative estimate of drug-likeness (QED) is 0.603. The Morgan fingerprint density at radius 2 is 2.19 bits per heavy atom. The Balaban J connectivity index is 2.95. The molecule has 0 aliphatic rings. The number of benzene rings is 1. The highest BCUT2D eigenvalue weighted by molar-refractivity contribution is 14.1. The minimum absolute atomic E-state index is 0.0325. The Hall–Kier alpha value is -0.550. The van der Waals surface area contributed by atoms with E-state index < -0.39 is 0 Å². The molecular weight excluding hydrogens is 336 g/mol. The SMILES string of the molecule is C=C(C)CN(C)C(=O)c1cc(Cl)ccc1I. The molecule has 2 nitrogen and oxygen atoms in total. The topological polar surface area (TPSA) is 20.3 Å². The molecule has 0 fully saturated rings. The van der Waals surface area contributed by atoms with Crippen LogP contribution in [0.15, 0.2) is 30.4 Å². The first-order chi connectivity index (χ1) is 7.41. The van der Waals surface area contributed by atoms with Gasteiger partial charge in [0.15, 0.2) is 0 Å². The summed E-state index contributed by atoms with van der Waals surface area (Å²) < 4.78 is 0.903. The number of nitrogens with zero attached hydrogens (tertiary/aromatic N) is 1. The monoisotopic (exact) mass is 349 g/mol. The predicted molar refractivity (Wildman–Crippen MR) is 75.9 cm³/mol. The Morgan fingerprint density at radius 1 is 1.56 bits per heavy atom. The van der Waals surface area contributed by atoms with Crippen molar-refractivity contribution in [3.8, 4) is 0 Å². The van der Waals surface area contributed by atoms with Crippen LogP contribution in [0.3, 0.4) is 0 Å². The minimum Gasteiger partial charge on any atom is -0.338 e. The minimum atomic E-state index is -0.0325. The number of hydrogen-bond donors (Lipinski definition) is 0. The molecular formula is C12H13ClINO. The van der Waals surface area contributed by atoms with Crippen LogP contribution >= 0.6 is 34.2 Å². The van der Waals surface area contributed by atoms with E-state index in [0.29, 0.717) is 17.1 Å². The van der Waals surface area contributed by atoms with E-state index in [-0.39, 0.29) is 5.91 Å². The Bertz CT molecular complexity index is 431. The highest BCUT2D eigenvalue weighted by Crippen LogP contribution is 2.19. The standard InChI is InChI=1S/C12H13ClINO/c1-8(2)7-15(3)12(16)10-6-9(13)4-5-11(10)14/h4-6H,1,7H2,2-3H3. The first kappa shape index (κ1) is 13.5. The molecule has 16 heavy (non-hydrogen) atoms. The van der Waals surface area contributed by atoms with Gasteiger partial charge < -0.3 is 4.90 Å². The van der Waals surface area contributed by atoms with Crippen molar-refractivity contribution >= 4 is 40.1 Å². The summed E-state index contributed by atoms with van der Waals surface area (Å²) >= 11 is 8.01. The van der Waals surface area contributed by atoms with Gasteiger partial charge in [0, 0.05) is 22.2 Å². The average molecular weight is 350 g/mol. The van der Waals surface area contributed by atoms with Gasteiger partial charge in [-0.1, -0.05) is 23.8 Å². The lowest BCUT2D eigenvalue weighted by molar-refractivity contribution is 0.0806. The van der Waals surface area contributed by atoms with Crippen LogP contribution in [0.1, 0.15) is 17.3 Å². The molecule has 0 radical (unpaired) electrons. The molecule has 0 spiro atoms. The number of halogens is 2. The third-order valence-electron chi connectivity index (χ3n) is 2.01. The van der Waals surface area contributed by atoms with Gasteiger partial charge in [-0.3, -0.25) is 4.79 Å². The molecule has 0 atom stereocenters. The maximum Gasteiger partial charge on any atom is 0.255 e. The van der Waals surface area contributed by atoms with Gasteiger partial charge in [-0.05, 0) is 47.7 Å². The van der Waals surface area contributed by atoms with Gasteiger partial charge in [-0.25, -0.2) is 0 Å². The van der Waals surface area contributed by atoms with Crippen molar-refractivity contribution in [1.82, 2.24) is 4.90 Å². The Labute approximate surface area is 114 Å².